The van der Waals surface area contributed by atoms with Gasteiger partial charge in [0.1, 0.15) is 0 Å². The molecular formula is C26H33N5O3S. The standard InChI is InChI=1S/C26H33N5O3S/c1-18-7-6-8-20(13-18)17-35-25-29-28-23(16-27-24(32)14-19(2)15-26(3,4)5)30(25)21-9-11-22(12-10-21)31(33)34/h6-13,19H,14-17H2,1-5H3,(H,27,32). The van der Waals surface area contributed by atoms with Gasteiger partial charge in [-0.15, -0.1) is 10.2 Å². The lowest BCUT2D eigenvalue weighted by Gasteiger charge is -2.22. The van der Waals surface area contributed by atoms with E-state index in [4.69, 9.17) is 0 Å². The maximum Gasteiger partial charge on any atom is 0.269 e. The lowest BCUT2D eigenvalue weighted by molar-refractivity contribution is -0.384. The van der Waals surface area contributed by atoms with Crippen LogP contribution in [0.25, 0.3) is 5.69 Å². The van der Waals surface area contributed by atoms with Crippen molar-refractivity contribution >= 4 is 23.4 Å². The van der Waals surface area contributed by atoms with Gasteiger partial charge in [-0.2, -0.15) is 0 Å². The van der Waals surface area contributed by atoms with Crippen molar-refractivity contribution in [2.45, 2.75) is 64.9 Å². The number of hydrogen-bond acceptors (Lipinski definition) is 6. The van der Waals surface area contributed by atoms with Crippen molar-refractivity contribution in [2.75, 3.05) is 0 Å². The molecule has 1 aromatic heterocycles. The number of thioether (sulfide) groups is 1. The average molecular weight is 496 g/mol. The molecule has 0 spiro atoms. The molecule has 2 aromatic carbocycles. The molecule has 1 heterocycles. The summed E-state index contributed by atoms with van der Waals surface area (Å²) in [5, 5.41) is 23.4. The molecule has 3 aromatic rings. The van der Waals surface area contributed by atoms with Gasteiger partial charge in [0.05, 0.1) is 11.5 Å². The fraction of sp³-hybridized carbons (Fsp3) is 0.423. The number of carbonyl (C=O) groups excluding carboxylic acids is 1. The quantitative estimate of drug-likeness (QED) is 0.215. The molecule has 0 fully saturated rings. The highest BCUT2D eigenvalue weighted by atomic mass is 32.2. The van der Waals surface area contributed by atoms with Gasteiger partial charge in [-0.05, 0) is 42.4 Å². The first-order valence-electron chi connectivity index (χ1n) is 11.7. The topological polar surface area (TPSA) is 103 Å². The van der Waals surface area contributed by atoms with Crippen LogP contribution in [0.5, 0.6) is 0 Å². The van der Waals surface area contributed by atoms with Gasteiger partial charge in [0.25, 0.3) is 5.69 Å². The number of nitro groups is 1. The second-order valence-electron chi connectivity index (χ2n) is 10.1. The Morgan fingerprint density at radius 1 is 1.17 bits per heavy atom. The molecular weight excluding hydrogens is 462 g/mol. The van der Waals surface area contributed by atoms with Crippen LogP contribution >= 0.6 is 11.8 Å². The fourth-order valence-electron chi connectivity index (χ4n) is 4.12. The third kappa shape index (κ3) is 7.92. The van der Waals surface area contributed by atoms with E-state index in [2.05, 4.69) is 68.3 Å². The largest absolute Gasteiger partial charge is 0.349 e. The zero-order chi connectivity index (χ0) is 25.6. The highest BCUT2D eigenvalue weighted by Crippen LogP contribution is 2.28. The zero-order valence-corrected chi connectivity index (χ0v) is 21.8. The number of non-ortho nitro benzene ring substituents is 1. The Bertz CT molecular complexity index is 1170. The summed E-state index contributed by atoms with van der Waals surface area (Å²) in [6.45, 7) is 10.9. The maximum absolute atomic E-state index is 12.6. The smallest absolute Gasteiger partial charge is 0.269 e. The number of nitrogens with one attached hydrogen (secondary N) is 1. The van der Waals surface area contributed by atoms with Gasteiger partial charge >= 0.3 is 0 Å². The highest BCUT2D eigenvalue weighted by molar-refractivity contribution is 7.98. The minimum atomic E-state index is -0.427. The Morgan fingerprint density at radius 3 is 2.51 bits per heavy atom. The summed E-state index contributed by atoms with van der Waals surface area (Å²) in [7, 11) is 0. The monoisotopic (exact) mass is 495 g/mol. The Hall–Kier alpha value is -3.20. The predicted octanol–water partition coefficient (Wildman–Crippen LogP) is 5.85. The van der Waals surface area contributed by atoms with Gasteiger partial charge < -0.3 is 5.32 Å². The molecule has 0 aliphatic rings. The first-order chi connectivity index (χ1) is 16.5. The van der Waals surface area contributed by atoms with Gasteiger partial charge in [-0.3, -0.25) is 19.5 Å². The van der Waals surface area contributed by atoms with E-state index >= 15 is 0 Å². The van der Waals surface area contributed by atoms with Crippen molar-refractivity contribution in [3.63, 3.8) is 0 Å². The van der Waals surface area contributed by atoms with Gasteiger partial charge in [-0.1, -0.05) is 69.3 Å². The number of amides is 1. The highest BCUT2D eigenvalue weighted by Gasteiger charge is 2.20. The Morgan fingerprint density at radius 2 is 1.89 bits per heavy atom. The number of rotatable bonds is 10. The SMILES string of the molecule is Cc1cccc(CSc2nnc(CNC(=O)CC(C)CC(C)(C)C)n2-c2ccc([N+](=O)[O-])cc2)c1. The summed E-state index contributed by atoms with van der Waals surface area (Å²) in [5.41, 5.74) is 3.23. The first-order valence-corrected chi connectivity index (χ1v) is 12.6. The summed E-state index contributed by atoms with van der Waals surface area (Å²) in [5.74, 6) is 1.50. The predicted molar refractivity (Wildman–Crippen MR) is 138 cm³/mol. The molecule has 35 heavy (non-hydrogen) atoms. The Balaban J connectivity index is 1.78. The lowest BCUT2D eigenvalue weighted by atomic mass is 9.84. The lowest BCUT2D eigenvalue weighted by Crippen LogP contribution is -2.27. The minimum Gasteiger partial charge on any atom is -0.349 e. The molecule has 186 valence electrons. The van der Waals surface area contributed by atoms with Gasteiger partial charge in [-0.25, -0.2) is 0 Å². The number of carbonyl (C=O) groups is 1. The van der Waals surface area contributed by atoms with Crippen LogP contribution in [-0.2, 0) is 17.1 Å². The molecule has 0 aliphatic heterocycles. The fourth-order valence-corrected chi connectivity index (χ4v) is 5.04. The summed E-state index contributed by atoms with van der Waals surface area (Å²) < 4.78 is 1.85. The van der Waals surface area contributed by atoms with E-state index in [9.17, 15) is 14.9 Å². The summed E-state index contributed by atoms with van der Waals surface area (Å²) >= 11 is 1.53. The van der Waals surface area contributed by atoms with E-state index in [1.54, 1.807) is 12.1 Å². The zero-order valence-electron chi connectivity index (χ0n) is 20.9. The molecule has 3 rings (SSSR count). The average Bonchev–Trinajstić information content (AvgIpc) is 3.18. The van der Waals surface area contributed by atoms with Gasteiger partial charge in [0.15, 0.2) is 11.0 Å². The van der Waals surface area contributed by atoms with Crippen molar-refractivity contribution in [2.24, 2.45) is 11.3 Å². The van der Waals surface area contributed by atoms with Crippen LogP contribution in [0.2, 0.25) is 0 Å². The van der Waals surface area contributed by atoms with Crippen LogP contribution in [-0.4, -0.2) is 25.6 Å². The van der Waals surface area contributed by atoms with Crippen LogP contribution in [0.3, 0.4) is 0 Å². The minimum absolute atomic E-state index is 0.0125. The molecule has 0 aliphatic carbocycles. The van der Waals surface area contributed by atoms with Gasteiger partial charge in [0, 0.05) is 30.0 Å². The Labute approximate surface area is 210 Å². The van der Waals surface area contributed by atoms with Crippen molar-refractivity contribution in [3.8, 4) is 5.69 Å². The number of aryl methyl sites for hydroxylation is 1. The van der Waals surface area contributed by atoms with Crippen molar-refractivity contribution in [1.82, 2.24) is 20.1 Å². The van der Waals surface area contributed by atoms with E-state index in [0.717, 1.165) is 12.0 Å². The summed E-state index contributed by atoms with van der Waals surface area (Å²) in [6, 6.07) is 14.5. The molecule has 1 unspecified atom stereocenters. The van der Waals surface area contributed by atoms with E-state index in [0.29, 0.717) is 28.8 Å². The summed E-state index contributed by atoms with van der Waals surface area (Å²) in [6.07, 6.45) is 1.40. The molecule has 0 bridgehead atoms. The number of nitrogens with zero attached hydrogens (tertiary/aromatic N) is 4. The maximum atomic E-state index is 12.6. The molecule has 0 saturated heterocycles. The molecule has 9 heteroatoms. The summed E-state index contributed by atoms with van der Waals surface area (Å²) in [4.78, 5) is 23.2. The second-order valence-corrected chi connectivity index (χ2v) is 11.1. The van der Waals surface area contributed by atoms with Crippen molar-refractivity contribution < 1.29 is 9.72 Å². The molecule has 1 N–H and O–H groups in total. The van der Waals surface area contributed by atoms with Crippen molar-refractivity contribution in [1.29, 1.82) is 0 Å². The van der Waals surface area contributed by atoms with Crippen LogP contribution in [0.15, 0.2) is 53.7 Å². The normalized spacial score (nSPS) is 12.4. The molecule has 8 nitrogen and oxygen atoms in total. The number of nitro benzene ring substituents is 1. The van der Waals surface area contributed by atoms with Crippen LogP contribution < -0.4 is 5.32 Å². The molecule has 0 saturated carbocycles. The van der Waals surface area contributed by atoms with Gasteiger partial charge in [0.2, 0.25) is 5.91 Å². The molecule has 0 radical (unpaired) electrons. The van der Waals surface area contributed by atoms with Crippen LogP contribution in [0.4, 0.5) is 5.69 Å². The van der Waals surface area contributed by atoms with Crippen LogP contribution in [0.1, 0.15) is 57.5 Å². The molecule has 1 amide bonds. The van der Waals surface area contributed by atoms with Crippen LogP contribution in [0, 0.1) is 28.4 Å². The third-order valence-corrected chi connectivity index (χ3v) is 6.41. The number of aromatic nitrogens is 3. The second kappa shape index (κ2) is 11.5. The number of hydrogen-bond donors (Lipinski definition) is 1. The van der Waals surface area contributed by atoms with E-state index < -0.39 is 4.92 Å². The van der Waals surface area contributed by atoms with E-state index in [-0.39, 0.29) is 29.5 Å². The van der Waals surface area contributed by atoms with E-state index in [1.807, 2.05) is 10.6 Å². The third-order valence-electron chi connectivity index (χ3n) is 5.41. The van der Waals surface area contributed by atoms with E-state index in [1.165, 1.54) is 29.5 Å². The first kappa shape index (κ1) is 26.4. The Kier molecular flexibility index (Phi) is 8.67. The van der Waals surface area contributed by atoms with Crippen molar-refractivity contribution in [3.05, 3.63) is 75.6 Å². The number of benzene rings is 2. The molecule has 1 atom stereocenters.